The predicted molar refractivity (Wildman–Crippen MR) is 76.9 cm³/mol. The second-order valence-corrected chi connectivity index (χ2v) is 5.52. The van der Waals surface area contributed by atoms with Crippen LogP contribution in [0.4, 0.5) is 0 Å². The highest BCUT2D eigenvalue weighted by molar-refractivity contribution is 7.07. The summed E-state index contributed by atoms with van der Waals surface area (Å²) in [6, 6.07) is 0.732. The monoisotopic (exact) mass is 274 g/mol. The van der Waals surface area contributed by atoms with Gasteiger partial charge in [0, 0.05) is 18.0 Å². The molecule has 17 heavy (non-hydrogen) atoms. The van der Waals surface area contributed by atoms with Crippen molar-refractivity contribution in [2.45, 2.75) is 58.0 Å². The van der Waals surface area contributed by atoms with Gasteiger partial charge in [-0.05, 0) is 25.2 Å². The first-order chi connectivity index (χ1) is 7.90. The number of nitrogens with one attached hydrogen (secondary N) is 1. The summed E-state index contributed by atoms with van der Waals surface area (Å²) in [4.78, 5) is 4.33. The summed E-state index contributed by atoms with van der Waals surface area (Å²) in [5.74, 6) is 0.900. The molecule has 1 saturated carbocycles. The maximum absolute atomic E-state index is 4.33. The van der Waals surface area contributed by atoms with E-state index in [4.69, 9.17) is 0 Å². The third kappa shape index (κ3) is 4.57. The number of nitrogens with zero attached hydrogens (tertiary/aromatic N) is 1. The van der Waals surface area contributed by atoms with Crippen LogP contribution in [-0.2, 0) is 6.54 Å². The van der Waals surface area contributed by atoms with Crippen LogP contribution < -0.4 is 5.32 Å². The molecule has 1 heterocycles. The molecule has 1 aliphatic rings. The molecule has 2 unspecified atom stereocenters. The van der Waals surface area contributed by atoms with Gasteiger partial charge in [0.15, 0.2) is 0 Å². The van der Waals surface area contributed by atoms with Crippen LogP contribution >= 0.6 is 23.7 Å². The van der Waals surface area contributed by atoms with Gasteiger partial charge >= 0.3 is 0 Å². The molecule has 0 amide bonds. The maximum atomic E-state index is 4.33. The van der Waals surface area contributed by atoms with Crippen molar-refractivity contribution in [3.05, 3.63) is 16.6 Å². The van der Waals surface area contributed by atoms with Gasteiger partial charge in [-0.3, -0.25) is 0 Å². The van der Waals surface area contributed by atoms with Crippen LogP contribution in [0.15, 0.2) is 10.9 Å². The van der Waals surface area contributed by atoms with Gasteiger partial charge in [0.2, 0.25) is 0 Å². The molecule has 0 radical (unpaired) electrons. The van der Waals surface area contributed by atoms with E-state index in [2.05, 4.69) is 22.6 Å². The van der Waals surface area contributed by atoms with Crippen molar-refractivity contribution in [1.29, 1.82) is 0 Å². The Labute approximate surface area is 115 Å². The van der Waals surface area contributed by atoms with Gasteiger partial charge in [-0.2, -0.15) is 0 Å². The van der Waals surface area contributed by atoms with E-state index < -0.39 is 0 Å². The van der Waals surface area contributed by atoms with E-state index in [0.717, 1.165) is 18.5 Å². The lowest BCUT2D eigenvalue weighted by Crippen LogP contribution is -2.38. The minimum atomic E-state index is 0. The quantitative estimate of drug-likeness (QED) is 0.877. The van der Waals surface area contributed by atoms with Crippen molar-refractivity contribution in [2.75, 3.05) is 0 Å². The maximum Gasteiger partial charge on any atom is 0.0795 e. The lowest BCUT2D eigenvalue weighted by molar-refractivity contribution is 0.246. The molecule has 0 aliphatic heterocycles. The summed E-state index contributed by atoms with van der Waals surface area (Å²) < 4.78 is 0. The molecule has 1 fully saturated rings. The molecule has 2 nitrogen and oxygen atoms in total. The summed E-state index contributed by atoms with van der Waals surface area (Å²) in [7, 11) is 0. The van der Waals surface area contributed by atoms with E-state index in [0.29, 0.717) is 0 Å². The van der Waals surface area contributed by atoms with Gasteiger partial charge in [0.25, 0.3) is 0 Å². The molecule has 1 aromatic heterocycles. The number of rotatable bonds is 5. The normalized spacial score (nSPS) is 24.3. The zero-order valence-electron chi connectivity index (χ0n) is 10.5. The fourth-order valence-corrected chi connectivity index (χ4v) is 3.31. The molecule has 1 aromatic rings. The molecule has 4 heteroatoms. The second-order valence-electron chi connectivity index (χ2n) is 4.80. The predicted octanol–water partition coefficient (Wildman–Crippen LogP) is 4.01. The molecule has 1 aliphatic carbocycles. The number of hydrogen-bond donors (Lipinski definition) is 1. The van der Waals surface area contributed by atoms with Gasteiger partial charge < -0.3 is 5.32 Å². The van der Waals surface area contributed by atoms with E-state index in [1.54, 1.807) is 11.3 Å². The van der Waals surface area contributed by atoms with Gasteiger partial charge in [-0.25, -0.2) is 4.98 Å². The van der Waals surface area contributed by atoms with Crippen molar-refractivity contribution in [2.24, 2.45) is 5.92 Å². The summed E-state index contributed by atoms with van der Waals surface area (Å²) in [5.41, 5.74) is 3.12. The lowest BCUT2D eigenvalue weighted by atomic mass is 9.82. The Kier molecular flexibility index (Phi) is 7.09. The van der Waals surface area contributed by atoms with Gasteiger partial charge in [-0.1, -0.05) is 26.2 Å². The Morgan fingerprint density at radius 3 is 2.94 bits per heavy atom. The smallest absolute Gasteiger partial charge is 0.0795 e. The molecule has 0 aromatic carbocycles. The Morgan fingerprint density at radius 1 is 1.41 bits per heavy atom. The van der Waals surface area contributed by atoms with Crippen LogP contribution in [0.25, 0.3) is 0 Å². The number of aromatic nitrogens is 1. The SMILES string of the molecule is CCCC1CCCCC1NCc1cscn1.Cl. The summed E-state index contributed by atoms with van der Waals surface area (Å²) in [5, 5.41) is 5.85. The minimum Gasteiger partial charge on any atom is -0.308 e. The summed E-state index contributed by atoms with van der Waals surface area (Å²) in [6.07, 6.45) is 8.31. The van der Waals surface area contributed by atoms with Gasteiger partial charge in [-0.15, -0.1) is 23.7 Å². The Morgan fingerprint density at radius 2 is 2.24 bits per heavy atom. The molecule has 2 atom stereocenters. The van der Waals surface area contributed by atoms with E-state index in [1.165, 1.54) is 44.2 Å². The highest BCUT2D eigenvalue weighted by Crippen LogP contribution is 2.28. The van der Waals surface area contributed by atoms with Crippen molar-refractivity contribution < 1.29 is 0 Å². The average molecular weight is 275 g/mol. The standard InChI is InChI=1S/C13H22N2S.ClH/c1-2-5-11-6-3-4-7-13(11)14-8-12-9-16-10-15-12;/h9-11,13-14H,2-8H2,1H3;1H. The van der Waals surface area contributed by atoms with Crippen molar-refractivity contribution >= 4 is 23.7 Å². The van der Waals surface area contributed by atoms with Gasteiger partial charge in [0.1, 0.15) is 0 Å². The fraction of sp³-hybridized carbons (Fsp3) is 0.769. The number of halogens is 1. The number of thiazole rings is 1. The first kappa shape index (κ1) is 14.9. The Bertz CT molecular complexity index is 288. The van der Waals surface area contributed by atoms with Crippen LogP contribution in [0.1, 0.15) is 51.1 Å². The largest absolute Gasteiger partial charge is 0.308 e. The van der Waals surface area contributed by atoms with Gasteiger partial charge in [0.05, 0.1) is 11.2 Å². The molecular weight excluding hydrogens is 252 g/mol. The average Bonchev–Trinajstić information content (AvgIpc) is 2.81. The van der Waals surface area contributed by atoms with E-state index >= 15 is 0 Å². The van der Waals surface area contributed by atoms with E-state index in [9.17, 15) is 0 Å². The number of hydrogen-bond acceptors (Lipinski definition) is 3. The zero-order chi connectivity index (χ0) is 11.2. The lowest BCUT2D eigenvalue weighted by Gasteiger charge is -2.32. The van der Waals surface area contributed by atoms with Crippen molar-refractivity contribution in [3.63, 3.8) is 0 Å². The van der Waals surface area contributed by atoms with Crippen molar-refractivity contribution in [3.8, 4) is 0 Å². The topological polar surface area (TPSA) is 24.9 Å². The molecule has 0 spiro atoms. The minimum absolute atomic E-state index is 0. The van der Waals surface area contributed by atoms with Crippen LogP contribution in [0.3, 0.4) is 0 Å². The third-order valence-corrected chi connectivity index (χ3v) is 4.23. The van der Waals surface area contributed by atoms with Crippen LogP contribution in [0, 0.1) is 5.92 Å². The first-order valence-electron chi connectivity index (χ1n) is 6.50. The van der Waals surface area contributed by atoms with Crippen LogP contribution in [-0.4, -0.2) is 11.0 Å². The molecule has 98 valence electrons. The van der Waals surface area contributed by atoms with E-state index in [1.807, 2.05) is 5.51 Å². The molecule has 2 rings (SSSR count). The van der Waals surface area contributed by atoms with Crippen LogP contribution in [0.5, 0.6) is 0 Å². The van der Waals surface area contributed by atoms with Crippen molar-refractivity contribution in [1.82, 2.24) is 10.3 Å². The van der Waals surface area contributed by atoms with Crippen LogP contribution in [0.2, 0.25) is 0 Å². The molecule has 0 bridgehead atoms. The zero-order valence-corrected chi connectivity index (χ0v) is 12.2. The fourth-order valence-electron chi connectivity index (χ4n) is 2.75. The first-order valence-corrected chi connectivity index (χ1v) is 7.45. The van der Waals surface area contributed by atoms with E-state index in [-0.39, 0.29) is 12.4 Å². The highest BCUT2D eigenvalue weighted by atomic mass is 35.5. The molecule has 1 N–H and O–H groups in total. The summed E-state index contributed by atoms with van der Waals surface area (Å²) in [6.45, 7) is 3.25. The Balaban J connectivity index is 0.00000144. The molecule has 0 saturated heterocycles. The second kappa shape index (κ2) is 8.06. The summed E-state index contributed by atoms with van der Waals surface area (Å²) >= 11 is 1.69. The third-order valence-electron chi connectivity index (χ3n) is 3.60. The molecular formula is C13H23ClN2S. The Hall–Kier alpha value is -0.120. The highest BCUT2D eigenvalue weighted by Gasteiger charge is 2.23.